The standard InChI is InChI=1S/C16H21N3O3S/c1-12(2)18-10-16(17-11-18)23(20,21)19-8-7-14-13(9-19)5-4-6-15(14)22-3/h4-6,10-12H,7-9H2,1-3H3. The van der Waals surface area contributed by atoms with E-state index in [1.807, 2.05) is 32.0 Å². The molecule has 0 aliphatic carbocycles. The van der Waals surface area contributed by atoms with E-state index in [0.29, 0.717) is 19.5 Å². The summed E-state index contributed by atoms with van der Waals surface area (Å²) in [6.45, 7) is 4.76. The van der Waals surface area contributed by atoms with Gasteiger partial charge in [0.15, 0.2) is 5.03 Å². The monoisotopic (exact) mass is 335 g/mol. The summed E-state index contributed by atoms with van der Waals surface area (Å²) in [4.78, 5) is 4.08. The van der Waals surface area contributed by atoms with Gasteiger partial charge in [0.2, 0.25) is 0 Å². The predicted octanol–water partition coefficient (Wildman–Crippen LogP) is 2.22. The molecule has 0 N–H and O–H groups in total. The van der Waals surface area contributed by atoms with Crippen molar-refractivity contribution in [2.24, 2.45) is 0 Å². The first-order chi connectivity index (χ1) is 10.9. The Balaban J connectivity index is 1.90. The molecule has 3 rings (SSSR count). The minimum Gasteiger partial charge on any atom is -0.496 e. The van der Waals surface area contributed by atoms with Crippen molar-refractivity contribution in [2.75, 3.05) is 13.7 Å². The van der Waals surface area contributed by atoms with Gasteiger partial charge in [-0.15, -0.1) is 0 Å². The van der Waals surface area contributed by atoms with Gasteiger partial charge in [0, 0.05) is 25.3 Å². The molecule has 0 spiro atoms. The SMILES string of the molecule is COc1cccc2c1CCN(S(=O)(=O)c1cn(C(C)C)cn1)C2. The van der Waals surface area contributed by atoms with Crippen molar-refractivity contribution in [2.45, 2.75) is 37.9 Å². The van der Waals surface area contributed by atoms with E-state index in [1.54, 1.807) is 24.2 Å². The van der Waals surface area contributed by atoms with Gasteiger partial charge in [-0.05, 0) is 37.5 Å². The summed E-state index contributed by atoms with van der Waals surface area (Å²) in [5.41, 5.74) is 2.08. The highest BCUT2D eigenvalue weighted by Crippen LogP contribution is 2.30. The van der Waals surface area contributed by atoms with Crippen molar-refractivity contribution in [1.29, 1.82) is 0 Å². The first-order valence-corrected chi connectivity index (χ1v) is 9.06. The van der Waals surface area contributed by atoms with Crippen LogP contribution >= 0.6 is 0 Å². The summed E-state index contributed by atoms with van der Waals surface area (Å²) in [7, 11) is -1.94. The van der Waals surface area contributed by atoms with E-state index in [4.69, 9.17) is 4.74 Å². The predicted molar refractivity (Wildman–Crippen MR) is 86.9 cm³/mol. The number of rotatable bonds is 4. The fraction of sp³-hybridized carbons (Fsp3) is 0.438. The second-order valence-electron chi connectivity index (χ2n) is 5.94. The zero-order valence-corrected chi connectivity index (χ0v) is 14.4. The third kappa shape index (κ3) is 2.86. The van der Waals surface area contributed by atoms with Gasteiger partial charge in [-0.1, -0.05) is 12.1 Å². The molecule has 0 saturated carbocycles. The number of nitrogens with zero attached hydrogens (tertiary/aromatic N) is 3. The van der Waals surface area contributed by atoms with Crippen LogP contribution in [-0.2, 0) is 23.0 Å². The number of hydrogen-bond acceptors (Lipinski definition) is 4. The second-order valence-corrected chi connectivity index (χ2v) is 7.82. The molecule has 2 heterocycles. The lowest BCUT2D eigenvalue weighted by molar-refractivity contribution is 0.370. The Labute approximate surface area is 136 Å². The molecular weight excluding hydrogens is 314 g/mol. The molecule has 0 atom stereocenters. The summed E-state index contributed by atoms with van der Waals surface area (Å²) < 4.78 is 34.3. The smallest absolute Gasteiger partial charge is 0.262 e. The van der Waals surface area contributed by atoms with Crippen molar-refractivity contribution in [3.8, 4) is 5.75 Å². The van der Waals surface area contributed by atoms with Crippen molar-refractivity contribution in [3.63, 3.8) is 0 Å². The number of hydrogen-bond donors (Lipinski definition) is 0. The second kappa shape index (κ2) is 5.98. The van der Waals surface area contributed by atoms with Crippen LogP contribution < -0.4 is 4.74 Å². The molecule has 124 valence electrons. The van der Waals surface area contributed by atoms with Crippen LogP contribution in [0.1, 0.15) is 31.0 Å². The minimum atomic E-state index is -3.58. The van der Waals surface area contributed by atoms with Crippen molar-refractivity contribution in [1.82, 2.24) is 13.9 Å². The normalized spacial score (nSPS) is 15.7. The van der Waals surface area contributed by atoms with Gasteiger partial charge in [0.1, 0.15) is 5.75 Å². The van der Waals surface area contributed by atoms with Crippen LogP contribution in [0.2, 0.25) is 0 Å². The number of aromatic nitrogens is 2. The highest BCUT2D eigenvalue weighted by atomic mass is 32.2. The number of fused-ring (bicyclic) bond motifs is 1. The third-order valence-corrected chi connectivity index (χ3v) is 5.92. The van der Waals surface area contributed by atoms with E-state index in [-0.39, 0.29) is 11.1 Å². The van der Waals surface area contributed by atoms with Gasteiger partial charge in [0.25, 0.3) is 10.0 Å². The van der Waals surface area contributed by atoms with Crippen LogP contribution in [0.5, 0.6) is 5.75 Å². The molecule has 0 radical (unpaired) electrons. The number of ether oxygens (including phenoxy) is 1. The Morgan fingerprint density at radius 3 is 2.74 bits per heavy atom. The van der Waals surface area contributed by atoms with Gasteiger partial charge < -0.3 is 9.30 Å². The third-order valence-electron chi connectivity index (χ3n) is 4.19. The largest absolute Gasteiger partial charge is 0.496 e. The molecule has 6 nitrogen and oxygen atoms in total. The van der Waals surface area contributed by atoms with E-state index < -0.39 is 10.0 Å². The maximum atomic E-state index is 12.8. The molecule has 0 saturated heterocycles. The highest BCUT2D eigenvalue weighted by Gasteiger charge is 2.31. The first kappa shape index (κ1) is 16.0. The Kier molecular flexibility index (Phi) is 4.16. The van der Waals surface area contributed by atoms with E-state index in [9.17, 15) is 8.42 Å². The van der Waals surface area contributed by atoms with Gasteiger partial charge in [0.05, 0.1) is 13.4 Å². The van der Waals surface area contributed by atoms with Crippen LogP contribution in [0, 0.1) is 0 Å². The average molecular weight is 335 g/mol. The number of sulfonamides is 1. The van der Waals surface area contributed by atoms with Gasteiger partial charge in [-0.2, -0.15) is 4.31 Å². The summed E-state index contributed by atoms with van der Waals surface area (Å²) >= 11 is 0. The quantitative estimate of drug-likeness (QED) is 0.859. The molecule has 1 aliphatic rings. The lowest BCUT2D eigenvalue weighted by Crippen LogP contribution is -2.36. The number of benzene rings is 1. The molecule has 0 amide bonds. The minimum absolute atomic E-state index is 0.109. The van der Waals surface area contributed by atoms with Crippen molar-refractivity contribution < 1.29 is 13.2 Å². The maximum absolute atomic E-state index is 12.8. The number of imidazole rings is 1. The Hall–Kier alpha value is -1.86. The van der Waals surface area contributed by atoms with Crippen LogP contribution in [0.3, 0.4) is 0 Å². The molecule has 1 aromatic carbocycles. The van der Waals surface area contributed by atoms with Gasteiger partial charge in [-0.3, -0.25) is 0 Å². The van der Waals surface area contributed by atoms with Crippen LogP contribution in [0.4, 0.5) is 0 Å². The van der Waals surface area contributed by atoms with E-state index in [1.165, 1.54) is 4.31 Å². The van der Waals surface area contributed by atoms with Crippen LogP contribution in [-0.4, -0.2) is 35.9 Å². The molecule has 0 fully saturated rings. The Morgan fingerprint density at radius 1 is 1.30 bits per heavy atom. The van der Waals surface area contributed by atoms with E-state index >= 15 is 0 Å². The molecule has 7 heteroatoms. The van der Waals surface area contributed by atoms with Crippen LogP contribution in [0.15, 0.2) is 35.7 Å². The van der Waals surface area contributed by atoms with Crippen molar-refractivity contribution >= 4 is 10.0 Å². The molecule has 0 bridgehead atoms. The first-order valence-electron chi connectivity index (χ1n) is 7.62. The topological polar surface area (TPSA) is 64.4 Å². The zero-order chi connectivity index (χ0) is 16.6. The highest BCUT2D eigenvalue weighted by molar-refractivity contribution is 7.89. The summed E-state index contributed by atoms with van der Waals surface area (Å²) in [6.07, 6.45) is 3.81. The Morgan fingerprint density at radius 2 is 2.09 bits per heavy atom. The lowest BCUT2D eigenvalue weighted by atomic mass is 10.0. The fourth-order valence-corrected chi connectivity index (χ4v) is 4.15. The molecule has 0 unspecified atom stereocenters. The maximum Gasteiger partial charge on any atom is 0.262 e. The average Bonchev–Trinajstić information content (AvgIpc) is 3.04. The fourth-order valence-electron chi connectivity index (χ4n) is 2.81. The summed E-state index contributed by atoms with van der Waals surface area (Å²) in [5, 5.41) is 0.109. The van der Waals surface area contributed by atoms with Crippen LogP contribution in [0.25, 0.3) is 0 Å². The molecule has 1 aliphatic heterocycles. The van der Waals surface area contributed by atoms with E-state index in [2.05, 4.69) is 4.98 Å². The van der Waals surface area contributed by atoms with E-state index in [0.717, 1.165) is 16.9 Å². The van der Waals surface area contributed by atoms with Gasteiger partial charge in [-0.25, -0.2) is 13.4 Å². The zero-order valence-electron chi connectivity index (χ0n) is 13.6. The molecule has 1 aromatic heterocycles. The molecule has 23 heavy (non-hydrogen) atoms. The summed E-state index contributed by atoms with van der Waals surface area (Å²) in [5.74, 6) is 0.823. The van der Waals surface area contributed by atoms with Gasteiger partial charge >= 0.3 is 0 Å². The molecular formula is C16H21N3O3S. The van der Waals surface area contributed by atoms with Crippen molar-refractivity contribution in [3.05, 3.63) is 41.9 Å². The summed E-state index contributed by atoms with van der Waals surface area (Å²) in [6, 6.07) is 5.93. The number of methoxy groups -OCH3 is 1. The Bertz CT molecular complexity index is 812. The lowest BCUT2D eigenvalue weighted by Gasteiger charge is -2.28. The molecule has 2 aromatic rings.